The van der Waals surface area contributed by atoms with Crippen molar-refractivity contribution < 1.29 is 9.53 Å². The van der Waals surface area contributed by atoms with Crippen molar-refractivity contribution >= 4 is 11.7 Å². The number of hydrogen-bond acceptors (Lipinski definition) is 3. The number of carbonyl (C=O) groups excluding carboxylic acids is 1. The standard InChI is InChI=1S/C17H25NO2/c1-11-8-13(10-17(3,4)9-11)20-16(19)14-6-5-7-15(18)12(14)2/h5-7,11,13H,8-10,18H2,1-4H3. The van der Waals surface area contributed by atoms with E-state index in [2.05, 4.69) is 20.8 Å². The van der Waals surface area contributed by atoms with Crippen molar-refractivity contribution in [3.8, 4) is 0 Å². The van der Waals surface area contributed by atoms with Crippen LogP contribution in [-0.2, 0) is 4.74 Å². The number of benzene rings is 1. The molecule has 1 aliphatic carbocycles. The van der Waals surface area contributed by atoms with Crippen molar-refractivity contribution in [3.05, 3.63) is 29.3 Å². The maximum atomic E-state index is 12.3. The SMILES string of the molecule is Cc1c(N)cccc1C(=O)OC1CC(C)CC(C)(C)C1. The molecule has 1 saturated carbocycles. The van der Waals surface area contributed by atoms with Gasteiger partial charge in [-0.15, -0.1) is 0 Å². The Morgan fingerprint density at radius 2 is 2.05 bits per heavy atom. The van der Waals surface area contributed by atoms with E-state index in [0.717, 1.165) is 18.4 Å². The van der Waals surface area contributed by atoms with Gasteiger partial charge in [0.15, 0.2) is 0 Å². The number of rotatable bonds is 2. The summed E-state index contributed by atoms with van der Waals surface area (Å²) in [5.74, 6) is 0.350. The Morgan fingerprint density at radius 3 is 2.70 bits per heavy atom. The average molecular weight is 275 g/mol. The minimum Gasteiger partial charge on any atom is -0.459 e. The van der Waals surface area contributed by atoms with Gasteiger partial charge in [0.25, 0.3) is 0 Å². The van der Waals surface area contributed by atoms with E-state index in [4.69, 9.17) is 10.5 Å². The average Bonchev–Trinajstić information content (AvgIpc) is 2.29. The van der Waals surface area contributed by atoms with Gasteiger partial charge in [-0.05, 0) is 55.2 Å². The van der Waals surface area contributed by atoms with Crippen LogP contribution in [0, 0.1) is 18.3 Å². The highest BCUT2D eigenvalue weighted by Crippen LogP contribution is 2.40. The lowest BCUT2D eigenvalue weighted by Gasteiger charge is -2.38. The summed E-state index contributed by atoms with van der Waals surface area (Å²) in [5, 5.41) is 0. The van der Waals surface area contributed by atoms with Gasteiger partial charge < -0.3 is 10.5 Å². The lowest BCUT2D eigenvalue weighted by atomic mass is 9.71. The van der Waals surface area contributed by atoms with E-state index in [1.807, 2.05) is 6.92 Å². The van der Waals surface area contributed by atoms with Crippen LogP contribution >= 0.6 is 0 Å². The van der Waals surface area contributed by atoms with Crippen LogP contribution in [0.5, 0.6) is 0 Å². The summed E-state index contributed by atoms with van der Waals surface area (Å²) in [6.45, 7) is 8.58. The fraction of sp³-hybridized carbons (Fsp3) is 0.588. The Hall–Kier alpha value is -1.51. The van der Waals surface area contributed by atoms with E-state index in [9.17, 15) is 4.79 Å². The van der Waals surface area contributed by atoms with Gasteiger partial charge in [0.2, 0.25) is 0 Å². The summed E-state index contributed by atoms with van der Waals surface area (Å²) in [6.07, 6.45) is 3.10. The molecular formula is C17H25NO2. The van der Waals surface area contributed by atoms with Crippen molar-refractivity contribution in [3.63, 3.8) is 0 Å². The second-order valence-corrected chi connectivity index (χ2v) is 6.96. The molecule has 0 radical (unpaired) electrons. The number of ether oxygens (including phenoxy) is 1. The fourth-order valence-electron chi connectivity index (χ4n) is 3.44. The van der Waals surface area contributed by atoms with Gasteiger partial charge in [-0.2, -0.15) is 0 Å². The van der Waals surface area contributed by atoms with Crippen LogP contribution in [-0.4, -0.2) is 12.1 Å². The number of nitrogen functional groups attached to an aromatic ring is 1. The van der Waals surface area contributed by atoms with Crippen LogP contribution < -0.4 is 5.73 Å². The first-order valence-electron chi connectivity index (χ1n) is 7.34. The minimum atomic E-state index is -0.246. The Labute approximate surface area is 121 Å². The smallest absolute Gasteiger partial charge is 0.338 e. The molecule has 0 bridgehead atoms. The molecule has 1 aliphatic rings. The number of carbonyl (C=O) groups is 1. The molecule has 0 heterocycles. The Kier molecular flexibility index (Phi) is 4.07. The second kappa shape index (κ2) is 5.47. The van der Waals surface area contributed by atoms with Crippen molar-refractivity contribution in [2.45, 2.75) is 53.1 Å². The van der Waals surface area contributed by atoms with Crippen LogP contribution in [0.3, 0.4) is 0 Å². The molecule has 2 unspecified atom stereocenters. The molecule has 1 fully saturated rings. The number of hydrogen-bond donors (Lipinski definition) is 1. The zero-order valence-electron chi connectivity index (χ0n) is 12.9. The highest BCUT2D eigenvalue weighted by atomic mass is 16.5. The maximum absolute atomic E-state index is 12.3. The second-order valence-electron chi connectivity index (χ2n) is 6.96. The topological polar surface area (TPSA) is 52.3 Å². The Balaban J connectivity index is 2.10. The third-order valence-electron chi connectivity index (χ3n) is 4.22. The van der Waals surface area contributed by atoms with Gasteiger partial charge in [-0.1, -0.05) is 26.8 Å². The molecule has 2 atom stereocenters. The molecule has 1 aromatic carbocycles. The molecule has 0 saturated heterocycles. The predicted molar refractivity (Wildman–Crippen MR) is 81.6 cm³/mol. The molecular weight excluding hydrogens is 250 g/mol. The first-order valence-corrected chi connectivity index (χ1v) is 7.34. The molecule has 0 aliphatic heterocycles. The van der Waals surface area contributed by atoms with Gasteiger partial charge in [0.1, 0.15) is 6.10 Å². The molecule has 110 valence electrons. The molecule has 0 aromatic heterocycles. The van der Waals surface area contributed by atoms with Crippen molar-refractivity contribution in [1.82, 2.24) is 0 Å². The van der Waals surface area contributed by atoms with E-state index < -0.39 is 0 Å². The quantitative estimate of drug-likeness (QED) is 0.657. The maximum Gasteiger partial charge on any atom is 0.338 e. The largest absolute Gasteiger partial charge is 0.459 e. The van der Waals surface area contributed by atoms with Gasteiger partial charge in [-0.25, -0.2) is 4.79 Å². The van der Waals surface area contributed by atoms with E-state index >= 15 is 0 Å². The lowest BCUT2D eigenvalue weighted by molar-refractivity contribution is -0.00719. The van der Waals surface area contributed by atoms with Gasteiger partial charge in [0.05, 0.1) is 5.56 Å². The molecule has 0 amide bonds. The molecule has 2 rings (SSSR count). The molecule has 2 N–H and O–H groups in total. The normalized spacial score (nSPS) is 25.2. The van der Waals surface area contributed by atoms with Crippen LogP contribution in [0.1, 0.15) is 56.0 Å². The van der Waals surface area contributed by atoms with Gasteiger partial charge in [-0.3, -0.25) is 0 Å². The highest BCUT2D eigenvalue weighted by Gasteiger charge is 2.34. The van der Waals surface area contributed by atoms with Gasteiger partial charge in [0, 0.05) is 5.69 Å². The third-order valence-corrected chi connectivity index (χ3v) is 4.22. The lowest BCUT2D eigenvalue weighted by Crippen LogP contribution is -2.34. The minimum absolute atomic E-state index is 0.0158. The number of esters is 1. The summed E-state index contributed by atoms with van der Waals surface area (Å²) in [4.78, 5) is 12.3. The third kappa shape index (κ3) is 3.33. The fourth-order valence-corrected chi connectivity index (χ4v) is 3.44. The monoisotopic (exact) mass is 275 g/mol. The van der Waals surface area contributed by atoms with E-state index in [0.29, 0.717) is 17.2 Å². The summed E-state index contributed by atoms with van der Waals surface area (Å²) >= 11 is 0. The summed E-state index contributed by atoms with van der Waals surface area (Å²) in [5.41, 5.74) is 8.12. The molecule has 1 aromatic rings. The molecule has 3 heteroatoms. The van der Waals surface area contributed by atoms with Crippen molar-refractivity contribution in [2.75, 3.05) is 5.73 Å². The predicted octanol–water partition coefficient (Wildman–Crippen LogP) is 3.95. The first kappa shape index (κ1) is 14.9. The van der Waals surface area contributed by atoms with Crippen LogP contribution in [0.4, 0.5) is 5.69 Å². The van der Waals surface area contributed by atoms with Crippen molar-refractivity contribution in [1.29, 1.82) is 0 Å². The highest BCUT2D eigenvalue weighted by molar-refractivity contribution is 5.92. The van der Waals surface area contributed by atoms with Gasteiger partial charge >= 0.3 is 5.97 Å². The van der Waals surface area contributed by atoms with Crippen LogP contribution in [0.25, 0.3) is 0 Å². The number of anilines is 1. The van der Waals surface area contributed by atoms with E-state index in [1.165, 1.54) is 6.42 Å². The Morgan fingerprint density at radius 1 is 1.35 bits per heavy atom. The first-order chi connectivity index (χ1) is 9.28. The van der Waals surface area contributed by atoms with Crippen LogP contribution in [0.2, 0.25) is 0 Å². The summed E-state index contributed by atoms with van der Waals surface area (Å²) in [7, 11) is 0. The molecule has 3 nitrogen and oxygen atoms in total. The van der Waals surface area contributed by atoms with Crippen LogP contribution in [0.15, 0.2) is 18.2 Å². The zero-order valence-corrected chi connectivity index (χ0v) is 12.9. The summed E-state index contributed by atoms with van der Waals surface area (Å²) < 4.78 is 5.72. The Bertz CT molecular complexity index is 508. The molecule has 0 spiro atoms. The van der Waals surface area contributed by atoms with E-state index in [-0.39, 0.29) is 17.5 Å². The zero-order chi connectivity index (χ0) is 14.9. The summed E-state index contributed by atoms with van der Waals surface area (Å²) in [6, 6.07) is 5.38. The van der Waals surface area contributed by atoms with E-state index in [1.54, 1.807) is 18.2 Å². The van der Waals surface area contributed by atoms with Crippen molar-refractivity contribution in [2.24, 2.45) is 11.3 Å². The molecule has 20 heavy (non-hydrogen) atoms. The number of nitrogens with two attached hydrogens (primary N) is 1.